The summed E-state index contributed by atoms with van der Waals surface area (Å²) in [5.74, 6) is -0.0950. The number of hydrogen-bond acceptors (Lipinski definition) is 2. The van der Waals surface area contributed by atoms with E-state index >= 15 is 0 Å². The second-order valence-electron chi connectivity index (χ2n) is 6.47. The van der Waals surface area contributed by atoms with Crippen molar-refractivity contribution in [2.45, 2.75) is 63.7 Å². The van der Waals surface area contributed by atoms with Gasteiger partial charge in [-0.05, 0) is 50.8 Å². The molecule has 2 nitrogen and oxygen atoms in total. The SMILES string of the molecule is CCCN(Cc1ccc(Br)cc1F)C1CC2CCC(C1)N2. The summed E-state index contributed by atoms with van der Waals surface area (Å²) in [6, 6.07) is 7.40. The molecule has 2 heterocycles. The normalized spacial score (nSPS) is 28.3. The molecule has 0 radical (unpaired) electrons. The van der Waals surface area contributed by atoms with Crippen LogP contribution in [0.2, 0.25) is 0 Å². The van der Waals surface area contributed by atoms with E-state index in [9.17, 15) is 4.39 Å². The highest BCUT2D eigenvalue weighted by Crippen LogP contribution is 2.31. The molecule has 4 heteroatoms. The van der Waals surface area contributed by atoms with E-state index in [0.29, 0.717) is 18.1 Å². The molecule has 21 heavy (non-hydrogen) atoms. The van der Waals surface area contributed by atoms with Crippen LogP contribution in [0.4, 0.5) is 4.39 Å². The Labute approximate surface area is 135 Å². The maximum absolute atomic E-state index is 14.1. The monoisotopic (exact) mass is 354 g/mol. The number of halogens is 2. The van der Waals surface area contributed by atoms with Gasteiger partial charge in [0, 0.05) is 34.7 Å². The molecule has 0 amide bonds. The van der Waals surface area contributed by atoms with Crippen molar-refractivity contribution < 1.29 is 4.39 Å². The van der Waals surface area contributed by atoms with Crippen LogP contribution < -0.4 is 5.32 Å². The third-order valence-corrected chi connectivity index (χ3v) is 5.36. The first-order chi connectivity index (χ1) is 10.2. The molecule has 1 aromatic rings. The minimum absolute atomic E-state index is 0.0950. The summed E-state index contributed by atoms with van der Waals surface area (Å²) >= 11 is 3.33. The van der Waals surface area contributed by atoms with E-state index in [1.807, 2.05) is 12.1 Å². The van der Waals surface area contributed by atoms with E-state index < -0.39 is 0 Å². The van der Waals surface area contributed by atoms with Crippen molar-refractivity contribution in [2.75, 3.05) is 6.54 Å². The number of hydrogen-bond donors (Lipinski definition) is 1. The highest BCUT2D eigenvalue weighted by atomic mass is 79.9. The highest BCUT2D eigenvalue weighted by molar-refractivity contribution is 9.10. The van der Waals surface area contributed by atoms with Crippen molar-refractivity contribution in [3.63, 3.8) is 0 Å². The van der Waals surface area contributed by atoms with Gasteiger partial charge in [0.05, 0.1) is 0 Å². The lowest BCUT2D eigenvalue weighted by atomic mass is 9.97. The summed E-state index contributed by atoms with van der Waals surface area (Å²) in [7, 11) is 0. The van der Waals surface area contributed by atoms with Crippen LogP contribution in [0.15, 0.2) is 22.7 Å². The van der Waals surface area contributed by atoms with Crippen molar-refractivity contribution in [3.05, 3.63) is 34.1 Å². The number of nitrogens with zero attached hydrogens (tertiary/aromatic N) is 1. The Balaban J connectivity index is 1.72. The van der Waals surface area contributed by atoms with Crippen molar-refractivity contribution in [2.24, 2.45) is 0 Å². The largest absolute Gasteiger partial charge is 0.311 e. The second kappa shape index (κ2) is 6.76. The smallest absolute Gasteiger partial charge is 0.128 e. The molecular formula is C17H24BrFN2. The molecule has 1 N–H and O–H groups in total. The molecule has 2 fully saturated rings. The fraction of sp³-hybridized carbons (Fsp3) is 0.647. The number of benzene rings is 1. The summed E-state index contributed by atoms with van der Waals surface area (Å²) in [6.45, 7) is 4.00. The lowest BCUT2D eigenvalue weighted by Gasteiger charge is -2.38. The van der Waals surface area contributed by atoms with Crippen LogP contribution in [0, 0.1) is 5.82 Å². The second-order valence-corrected chi connectivity index (χ2v) is 7.38. The number of piperidine rings is 1. The average molecular weight is 355 g/mol. The molecule has 1 aromatic carbocycles. The third kappa shape index (κ3) is 3.66. The molecular weight excluding hydrogens is 331 g/mol. The molecule has 0 saturated carbocycles. The van der Waals surface area contributed by atoms with E-state index in [1.165, 1.54) is 25.7 Å². The van der Waals surface area contributed by atoms with Gasteiger partial charge in [0.1, 0.15) is 5.82 Å². The van der Waals surface area contributed by atoms with E-state index in [-0.39, 0.29) is 5.82 Å². The number of nitrogens with one attached hydrogen (secondary N) is 1. The highest BCUT2D eigenvalue weighted by Gasteiger charge is 2.35. The number of fused-ring (bicyclic) bond motifs is 2. The van der Waals surface area contributed by atoms with Gasteiger partial charge in [-0.3, -0.25) is 4.90 Å². The molecule has 3 rings (SSSR count). The van der Waals surface area contributed by atoms with Gasteiger partial charge < -0.3 is 5.32 Å². The standard InChI is InChI=1S/C17H24BrFN2/c1-2-7-21(11-12-3-4-13(18)8-17(12)19)16-9-14-5-6-15(10-16)20-14/h3-4,8,14-16,20H,2,5-7,9-11H2,1H3. The summed E-state index contributed by atoms with van der Waals surface area (Å²) < 4.78 is 14.9. The summed E-state index contributed by atoms with van der Waals surface area (Å²) in [4.78, 5) is 2.50. The van der Waals surface area contributed by atoms with Crippen LogP contribution in [0.1, 0.15) is 44.6 Å². The zero-order chi connectivity index (χ0) is 14.8. The zero-order valence-electron chi connectivity index (χ0n) is 12.6. The lowest BCUT2D eigenvalue weighted by molar-refractivity contribution is 0.132. The van der Waals surface area contributed by atoms with Gasteiger partial charge in [-0.15, -0.1) is 0 Å². The molecule has 2 unspecified atom stereocenters. The van der Waals surface area contributed by atoms with Crippen molar-refractivity contribution >= 4 is 15.9 Å². The molecule has 2 bridgehead atoms. The molecule has 0 aliphatic carbocycles. The van der Waals surface area contributed by atoms with Crippen LogP contribution in [-0.2, 0) is 6.54 Å². The third-order valence-electron chi connectivity index (χ3n) is 4.86. The molecule has 0 spiro atoms. The Morgan fingerprint density at radius 2 is 2.00 bits per heavy atom. The van der Waals surface area contributed by atoms with Crippen LogP contribution in [0.3, 0.4) is 0 Å². The van der Waals surface area contributed by atoms with Crippen molar-refractivity contribution in [1.82, 2.24) is 10.2 Å². The van der Waals surface area contributed by atoms with Crippen LogP contribution >= 0.6 is 15.9 Å². The van der Waals surface area contributed by atoms with Gasteiger partial charge in [-0.25, -0.2) is 4.39 Å². The molecule has 2 aliphatic heterocycles. The van der Waals surface area contributed by atoms with Gasteiger partial charge in [-0.1, -0.05) is 28.9 Å². The summed E-state index contributed by atoms with van der Waals surface area (Å²) in [5, 5.41) is 3.69. The zero-order valence-corrected chi connectivity index (χ0v) is 14.2. The molecule has 116 valence electrons. The van der Waals surface area contributed by atoms with Crippen molar-refractivity contribution in [3.8, 4) is 0 Å². The Hall–Kier alpha value is -0.450. The van der Waals surface area contributed by atoms with Gasteiger partial charge in [-0.2, -0.15) is 0 Å². The first-order valence-corrected chi connectivity index (χ1v) is 8.89. The van der Waals surface area contributed by atoms with E-state index in [4.69, 9.17) is 0 Å². The average Bonchev–Trinajstić information content (AvgIpc) is 2.79. The topological polar surface area (TPSA) is 15.3 Å². The van der Waals surface area contributed by atoms with Gasteiger partial charge in [0.2, 0.25) is 0 Å². The molecule has 2 saturated heterocycles. The lowest BCUT2D eigenvalue weighted by Crippen LogP contribution is -2.48. The molecule has 2 aliphatic rings. The van der Waals surface area contributed by atoms with Gasteiger partial charge >= 0.3 is 0 Å². The predicted octanol–water partition coefficient (Wildman–Crippen LogP) is 4.08. The van der Waals surface area contributed by atoms with E-state index in [2.05, 4.69) is 33.1 Å². The fourth-order valence-corrected chi connectivity index (χ4v) is 4.21. The first-order valence-electron chi connectivity index (χ1n) is 8.09. The number of rotatable bonds is 5. The van der Waals surface area contributed by atoms with Crippen molar-refractivity contribution in [1.29, 1.82) is 0 Å². The Kier molecular flexibility index (Phi) is 4.97. The van der Waals surface area contributed by atoms with Gasteiger partial charge in [0.15, 0.2) is 0 Å². The maximum atomic E-state index is 14.1. The Morgan fingerprint density at radius 3 is 2.62 bits per heavy atom. The van der Waals surface area contributed by atoms with Crippen LogP contribution in [-0.4, -0.2) is 29.6 Å². The van der Waals surface area contributed by atoms with Gasteiger partial charge in [0.25, 0.3) is 0 Å². The molecule has 0 aromatic heterocycles. The maximum Gasteiger partial charge on any atom is 0.128 e. The van der Waals surface area contributed by atoms with Crippen LogP contribution in [0.25, 0.3) is 0 Å². The summed E-state index contributed by atoms with van der Waals surface area (Å²) in [5.41, 5.74) is 0.817. The first kappa shape index (κ1) is 15.4. The Morgan fingerprint density at radius 1 is 1.29 bits per heavy atom. The van der Waals surface area contributed by atoms with Crippen LogP contribution in [0.5, 0.6) is 0 Å². The van der Waals surface area contributed by atoms with E-state index in [1.54, 1.807) is 6.07 Å². The fourth-order valence-electron chi connectivity index (χ4n) is 3.87. The van der Waals surface area contributed by atoms with E-state index in [0.717, 1.165) is 29.5 Å². The Bertz CT molecular complexity index is 482. The minimum Gasteiger partial charge on any atom is -0.311 e. The molecule has 2 atom stereocenters. The summed E-state index contributed by atoms with van der Waals surface area (Å²) in [6.07, 6.45) is 6.18. The minimum atomic E-state index is -0.0950. The quantitative estimate of drug-likeness (QED) is 0.856. The predicted molar refractivity (Wildman–Crippen MR) is 87.8 cm³/mol.